The SMILES string of the molecule is O=C(CNCC(O)COc1ccc(Cl)cc1Cl)NC1CC1. The van der Waals surface area contributed by atoms with Crippen LogP contribution in [0.15, 0.2) is 18.2 Å². The van der Waals surface area contributed by atoms with Gasteiger partial charge < -0.3 is 20.5 Å². The number of nitrogens with one attached hydrogen (secondary N) is 2. The monoisotopic (exact) mass is 332 g/mol. The first-order chi connectivity index (χ1) is 10.0. The average molecular weight is 333 g/mol. The molecule has 1 aliphatic rings. The van der Waals surface area contributed by atoms with Gasteiger partial charge in [-0.1, -0.05) is 23.2 Å². The number of aliphatic hydroxyl groups excluding tert-OH is 1. The topological polar surface area (TPSA) is 70.6 Å². The largest absolute Gasteiger partial charge is 0.489 e. The van der Waals surface area contributed by atoms with Gasteiger partial charge >= 0.3 is 0 Å². The van der Waals surface area contributed by atoms with E-state index in [2.05, 4.69) is 10.6 Å². The number of hydrogen-bond acceptors (Lipinski definition) is 4. The normalized spacial score (nSPS) is 15.6. The second kappa shape index (κ2) is 7.84. The number of hydrogen-bond donors (Lipinski definition) is 3. The van der Waals surface area contributed by atoms with Crippen LogP contribution in [0.3, 0.4) is 0 Å². The summed E-state index contributed by atoms with van der Waals surface area (Å²) in [5.41, 5.74) is 0. The van der Waals surface area contributed by atoms with Gasteiger partial charge in [0.2, 0.25) is 5.91 Å². The van der Waals surface area contributed by atoms with Crippen molar-refractivity contribution in [2.45, 2.75) is 25.0 Å². The number of rotatable bonds is 8. The summed E-state index contributed by atoms with van der Waals surface area (Å²) in [4.78, 5) is 11.4. The number of carbonyl (C=O) groups is 1. The third-order valence-corrected chi connectivity index (χ3v) is 3.46. The maximum Gasteiger partial charge on any atom is 0.234 e. The molecule has 5 nitrogen and oxygen atoms in total. The van der Waals surface area contributed by atoms with E-state index in [1.54, 1.807) is 18.2 Å². The van der Waals surface area contributed by atoms with Crippen LogP contribution in [0.5, 0.6) is 5.75 Å². The average Bonchev–Trinajstić information content (AvgIpc) is 3.21. The Balaban J connectivity index is 1.62. The van der Waals surface area contributed by atoms with E-state index >= 15 is 0 Å². The summed E-state index contributed by atoms with van der Waals surface area (Å²) in [7, 11) is 0. The summed E-state index contributed by atoms with van der Waals surface area (Å²) in [6.07, 6.45) is 1.39. The number of aliphatic hydroxyl groups is 1. The van der Waals surface area contributed by atoms with Crippen molar-refractivity contribution < 1.29 is 14.6 Å². The fourth-order valence-electron chi connectivity index (χ4n) is 1.70. The Hall–Kier alpha value is -1.01. The van der Waals surface area contributed by atoms with Gasteiger partial charge in [0.05, 0.1) is 11.6 Å². The summed E-state index contributed by atoms with van der Waals surface area (Å²) >= 11 is 11.7. The lowest BCUT2D eigenvalue weighted by Gasteiger charge is -2.14. The quantitative estimate of drug-likeness (QED) is 0.676. The van der Waals surface area contributed by atoms with E-state index in [0.29, 0.717) is 21.8 Å². The van der Waals surface area contributed by atoms with E-state index in [-0.39, 0.29) is 25.6 Å². The molecular weight excluding hydrogens is 315 g/mol. The highest BCUT2D eigenvalue weighted by Crippen LogP contribution is 2.27. The third kappa shape index (κ3) is 6.09. The summed E-state index contributed by atoms with van der Waals surface area (Å²) in [5, 5.41) is 16.4. The van der Waals surface area contributed by atoms with Gasteiger partial charge in [-0.25, -0.2) is 0 Å². The van der Waals surface area contributed by atoms with E-state index < -0.39 is 6.10 Å². The first-order valence-electron chi connectivity index (χ1n) is 6.80. The lowest BCUT2D eigenvalue weighted by atomic mass is 10.3. The molecule has 0 aromatic heterocycles. The van der Waals surface area contributed by atoms with Crippen LogP contribution < -0.4 is 15.4 Å². The molecule has 1 aromatic rings. The van der Waals surface area contributed by atoms with Gasteiger partial charge in [0.15, 0.2) is 0 Å². The molecule has 1 fully saturated rings. The molecule has 21 heavy (non-hydrogen) atoms. The fourth-order valence-corrected chi connectivity index (χ4v) is 2.16. The number of amides is 1. The minimum atomic E-state index is -0.731. The van der Waals surface area contributed by atoms with Crippen molar-refractivity contribution in [3.63, 3.8) is 0 Å². The molecule has 1 aliphatic carbocycles. The molecule has 1 saturated carbocycles. The highest BCUT2D eigenvalue weighted by atomic mass is 35.5. The van der Waals surface area contributed by atoms with Crippen molar-refractivity contribution in [3.8, 4) is 5.75 Å². The second-order valence-corrected chi connectivity index (χ2v) is 5.86. The molecule has 1 aromatic carbocycles. The van der Waals surface area contributed by atoms with Gasteiger partial charge in [0.1, 0.15) is 18.5 Å². The van der Waals surface area contributed by atoms with Crippen LogP contribution in [0.4, 0.5) is 0 Å². The lowest BCUT2D eigenvalue weighted by Crippen LogP contribution is -2.39. The van der Waals surface area contributed by atoms with Gasteiger partial charge in [-0.3, -0.25) is 4.79 Å². The van der Waals surface area contributed by atoms with E-state index in [4.69, 9.17) is 27.9 Å². The van der Waals surface area contributed by atoms with Gasteiger partial charge in [0.25, 0.3) is 0 Å². The molecule has 2 rings (SSSR count). The summed E-state index contributed by atoms with van der Waals surface area (Å²) in [6.45, 7) is 0.539. The molecule has 1 unspecified atom stereocenters. The van der Waals surface area contributed by atoms with Crippen LogP contribution in [0, 0.1) is 0 Å². The molecule has 7 heteroatoms. The maximum absolute atomic E-state index is 11.4. The molecule has 3 N–H and O–H groups in total. The first kappa shape index (κ1) is 16.4. The van der Waals surface area contributed by atoms with Crippen LogP contribution >= 0.6 is 23.2 Å². The summed E-state index contributed by atoms with van der Waals surface area (Å²) < 4.78 is 5.40. The molecule has 0 heterocycles. The zero-order valence-corrected chi connectivity index (χ0v) is 13.0. The molecule has 1 amide bonds. The summed E-state index contributed by atoms with van der Waals surface area (Å²) in [6, 6.07) is 5.23. The van der Waals surface area contributed by atoms with Crippen LogP contribution in [0.2, 0.25) is 10.0 Å². The summed E-state index contributed by atoms with van der Waals surface area (Å²) in [5.74, 6) is 0.415. The number of benzene rings is 1. The van der Waals surface area contributed by atoms with E-state index in [1.807, 2.05) is 0 Å². The van der Waals surface area contributed by atoms with Crippen molar-refractivity contribution in [2.75, 3.05) is 19.7 Å². The minimum absolute atomic E-state index is 0.0497. The Labute approximate surface area is 133 Å². The highest BCUT2D eigenvalue weighted by Gasteiger charge is 2.22. The van der Waals surface area contributed by atoms with Crippen LogP contribution in [-0.2, 0) is 4.79 Å². The number of ether oxygens (including phenoxy) is 1. The van der Waals surface area contributed by atoms with E-state index in [0.717, 1.165) is 12.8 Å². The van der Waals surface area contributed by atoms with Gasteiger partial charge in [0, 0.05) is 17.6 Å². The molecule has 0 bridgehead atoms. The Morgan fingerprint density at radius 3 is 2.86 bits per heavy atom. The van der Waals surface area contributed by atoms with Crippen molar-refractivity contribution >= 4 is 29.1 Å². The lowest BCUT2D eigenvalue weighted by molar-refractivity contribution is -0.120. The maximum atomic E-state index is 11.4. The first-order valence-corrected chi connectivity index (χ1v) is 7.56. The Bertz CT molecular complexity index is 495. The van der Waals surface area contributed by atoms with Crippen LogP contribution in [-0.4, -0.2) is 42.9 Å². The van der Waals surface area contributed by atoms with Crippen molar-refractivity contribution in [3.05, 3.63) is 28.2 Å². The molecule has 1 atom stereocenters. The van der Waals surface area contributed by atoms with E-state index in [1.165, 1.54) is 0 Å². The zero-order valence-electron chi connectivity index (χ0n) is 11.4. The van der Waals surface area contributed by atoms with Gasteiger partial charge in [-0.15, -0.1) is 0 Å². The molecule has 116 valence electrons. The van der Waals surface area contributed by atoms with Crippen molar-refractivity contribution in [1.29, 1.82) is 0 Å². The minimum Gasteiger partial charge on any atom is -0.489 e. The Morgan fingerprint density at radius 1 is 1.43 bits per heavy atom. The highest BCUT2D eigenvalue weighted by molar-refractivity contribution is 6.35. The Morgan fingerprint density at radius 2 is 2.19 bits per heavy atom. The van der Waals surface area contributed by atoms with Gasteiger partial charge in [-0.05, 0) is 31.0 Å². The smallest absolute Gasteiger partial charge is 0.234 e. The number of carbonyl (C=O) groups excluding carboxylic acids is 1. The van der Waals surface area contributed by atoms with Crippen molar-refractivity contribution in [1.82, 2.24) is 10.6 Å². The number of halogens is 2. The van der Waals surface area contributed by atoms with E-state index in [9.17, 15) is 9.90 Å². The molecular formula is C14H18Cl2N2O3. The van der Waals surface area contributed by atoms with Crippen LogP contribution in [0.1, 0.15) is 12.8 Å². The molecule has 0 saturated heterocycles. The van der Waals surface area contributed by atoms with Crippen LogP contribution in [0.25, 0.3) is 0 Å². The molecule has 0 aliphatic heterocycles. The molecule has 0 radical (unpaired) electrons. The Kier molecular flexibility index (Phi) is 6.11. The predicted octanol–water partition coefficient (Wildman–Crippen LogP) is 1.60. The van der Waals surface area contributed by atoms with Crippen molar-refractivity contribution in [2.24, 2.45) is 0 Å². The van der Waals surface area contributed by atoms with Gasteiger partial charge in [-0.2, -0.15) is 0 Å². The molecule has 0 spiro atoms. The second-order valence-electron chi connectivity index (χ2n) is 5.01. The third-order valence-electron chi connectivity index (χ3n) is 2.93. The standard InChI is InChI=1S/C14H18Cl2N2O3/c15-9-1-4-13(12(16)5-9)21-8-11(19)6-17-7-14(20)18-10-2-3-10/h1,4-5,10-11,17,19H,2-3,6-8H2,(H,18,20). The predicted molar refractivity (Wildman–Crippen MR) is 82.0 cm³/mol. The zero-order chi connectivity index (χ0) is 15.2. The fraction of sp³-hybridized carbons (Fsp3) is 0.500.